The third kappa shape index (κ3) is 2.17. The molecule has 74 valence electrons. The van der Waals surface area contributed by atoms with Gasteiger partial charge in [-0.2, -0.15) is 0 Å². The minimum atomic E-state index is 0.824. The van der Waals surface area contributed by atoms with Crippen LogP contribution in [-0.4, -0.2) is 6.54 Å². The molecule has 1 aromatic heterocycles. The average molecular weight is 205 g/mol. The number of hydrogen-bond acceptors (Lipinski definition) is 2. The van der Waals surface area contributed by atoms with Gasteiger partial charge in [0.2, 0.25) is 0 Å². The van der Waals surface area contributed by atoms with Gasteiger partial charge in [-0.15, -0.1) is 23.7 Å². The second kappa shape index (κ2) is 4.63. The monoisotopic (exact) mass is 205 g/mol. The molecule has 14 heavy (non-hydrogen) atoms. The molecule has 0 fully saturated rings. The normalized spacial score (nSPS) is 13.9. The zero-order chi connectivity index (χ0) is 9.80. The zero-order valence-corrected chi connectivity index (χ0v) is 9.12. The van der Waals surface area contributed by atoms with Crippen LogP contribution in [0.15, 0.2) is 6.07 Å². The summed E-state index contributed by atoms with van der Waals surface area (Å²) in [4.78, 5) is 3.07. The molecule has 1 aliphatic rings. The molecule has 0 saturated carbocycles. The van der Waals surface area contributed by atoms with Crippen molar-refractivity contribution < 1.29 is 0 Å². The summed E-state index contributed by atoms with van der Waals surface area (Å²) in [6.07, 6.45) is 9.94. The molecule has 0 radical (unpaired) electrons. The van der Waals surface area contributed by atoms with E-state index in [2.05, 4.69) is 17.3 Å². The highest BCUT2D eigenvalue weighted by Crippen LogP contribution is 2.30. The van der Waals surface area contributed by atoms with Gasteiger partial charge in [-0.3, -0.25) is 0 Å². The smallest absolute Gasteiger partial charge is 0.0300 e. The second-order valence-electron chi connectivity index (χ2n) is 3.65. The fourth-order valence-electron chi connectivity index (χ4n) is 1.85. The van der Waals surface area contributed by atoms with Gasteiger partial charge < -0.3 is 5.32 Å². The van der Waals surface area contributed by atoms with Gasteiger partial charge in [0, 0.05) is 29.3 Å². The Balaban J connectivity index is 1.83. The Morgan fingerprint density at radius 1 is 1.50 bits per heavy atom. The maximum absolute atomic E-state index is 5.18. The number of nitrogens with one attached hydrogen (secondary N) is 1. The molecule has 0 unspecified atom stereocenters. The van der Waals surface area contributed by atoms with E-state index >= 15 is 0 Å². The Kier molecular flexibility index (Phi) is 3.23. The van der Waals surface area contributed by atoms with E-state index in [0.717, 1.165) is 19.5 Å². The molecular formula is C12H15NS. The first-order valence-corrected chi connectivity index (χ1v) is 5.96. The highest BCUT2D eigenvalue weighted by molar-refractivity contribution is 7.12. The molecule has 0 atom stereocenters. The van der Waals surface area contributed by atoms with Crippen LogP contribution in [-0.2, 0) is 19.4 Å². The third-order valence-corrected chi connectivity index (χ3v) is 3.78. The summed E-state index contributed by atoms with van der Waals surface area (Å²) in [6.45, 7) is 1.92. The minimum Gasteiger partial charge on any atom is -0.311 e. The first-order chi connectivity index (χ1) is 6.90. The number of thiophene rings is 1. The van der Waals surface area contributed by atoms with Crippen molar-refractivity contribution in [3.63, 3.8) is 0 Å². The molecule has 0 saturated heterocycles. The highest BCUT2D eigenvalue weighted by atomic mass is 32.1. The Bertz CT molecular complexity index is 324. The van der Waals surface area contributed by atoms with Crippen LogP contribution in [0.25, 0.3) is 0 Å². The van der Waals surface area contributed by atoms with Gasteiger partial charge in [0.05, 0.1) is 0 Å². The van der Waals surface area contributed by atoms with Gasteiger partial charge >= 0.3 is 0 Å². The summed E-state index contributed by atoms with van der Waals surface area (Å²) in [5, 5.41) is 3.36. The standard InChI is InChI=1S/C12H15NS/c1-2-3-7-13-9-11-8-10-5-4-6-12(10)14-11/h1,8,13H,3-7,9H2. The van der Waals surface area contributed by atoms with E-state index < -0.39 is 0 Å². The van der Waals surface area contributed by atoms with E-state index in [-0.39, 0.29) is 0 Å². The van der Waals surface area contributed by atoms with Gasteiger partial charge in [0.25, 0.3) is 0 Å². The van der Waals surface area contributed by atoms with Crippen molar-refractivity contribution in [2.75, 3.05) is 6.54 Å². The van der Waals surface area contributed by atoms with E-state index in [0.29, 0.717) is 0 Å². The van der Waals surface area contributed by atoms with Crippen LogP contribution in [0, 0.1) is 12.3 Å². The third-order valence-electron chi connectivity index (χ3n) is 2.54. The lowest BCUT2D eigenvalue weighted by Crippen LogP contribution is -2.13. The number of terminal acetylenes is 1. The van der Waals surface area contributed by atoms with E-state index in [1.165, 1.54) is 24.1 Å². The van der Waals surface area contributed by atoms with Gasteiger partial charge in [-0.1, -0.05) is 0 Å². The molecule has 0 bridgehead atoms. The number of rotatable bonds is 4. The van der Waals surface area contributed by atoms with Crippen LogP contribution < -0.4 is 5.32 Å². The van der Waals surface area contributed by atoms with Gasteiger partial charge in [-0.05, 0) is 30.9 Å². The molecular weight excluding hydrogens is 190 g/mol. The van der Waals surface area contributed by atoms with Crippen molar-refractivity contribution in [1.29, 1.82) is 0 Å². The molecule has 1 nitrogen and oxygen atoms in total. The predicted molar refractivity (Wildman–Crippen MR) is 61.5 cm³/mol. The Hall–Kier alpha value is -0.780. The van der Waals surface area contributed by atoms with Crippen LogP contribution in [0.4, 0.5) is 0 Å². The highest BCUT2D eigenvalue weighted by Gasteiger charge is 2.13. The SMILES string of the molecule is C#CCCNCc1cc2c(s1)CCC2. The van der Waals surface area contributed by atoms with Crippen molar-refractivity contribution in [1.82, 2.24) is 5.32 Å². The van der Waals surface area contributed by atoms with Gasteiger partial charge in [0.1, 0.15) is 0 Å². The molecule has 0 spiro atoms. The summed E-state index contributed by atoms with van der Waals surface area (Å²) >= 11 is 1.97. The largest absolute Gasteiger partial charge is 0.311 e. The van der Waals surface area contributed by atoms with Crippen molar-refractivity contribution in [2.24, 2.45) is 0 Å². The summed E-state index contributed by atoms with van der Waals surface area (Å²) in [5.41, 5.74) is 1.59. The molecule has 2 heteroatoms. The van der Waals surface area contributed by atoms with Crippen molar-refractivity contribution >= 4 is 11.3 Å². The number of aryl methyl sites for hydroxylation is 2. The lowest BCUT2D eigenvalue weighted by atomic mass is 10.2. The Labute approximate surface area is 89.5 Å². The molecule has 2 rings (SSSR count). The second-order valence-corrected chi connectivity index (χ2v) is 4.87. The quantitative estimate of drug-likeness (QED) is 0.588. The Morgan fingerprint density at radius 3 is 3.21 bits per heavy atom. The van der Waals surface area contributed by atoms with Crippen molar-refractivity contribution in [3.05, 3.63) is 21.4 Å². The number of hydrogen-bond donors (Lipinski definition) is 1. The molecule has 1 aliphatic carbocycles. The first-order valence-electron chi connectivity index (χ1n) is 5.15. The van der Waals surface area contributed by atoms with Crippen LogP contribution >= 0.6 is 11.3 Å². The molecule has 0 aromatic carbocycles. The number of fused-ring (bicyclic) bond motifs is 1. The minimum absolute atomic E-state index is 0.824. The molecule has 1 heterocycles. The van der Waals surface area contributed by atoms with Crippen LogP contribution in [0.5, 0.6) is 0 Å². The average Bonchev–Trinajstić information content (AvgIpc) is 2.72. The predicted octanol–water partition coefficient (Wildman–Crippen LogP) is 2.35. The van der Waals surface area contributed by atoms with Crippen LogP contribution in [0.3, 0.4) is 0 Å². The van der Waals surface area contributed by atoms with Crippen molar-refractivity contribution in [3.8, 4) is 12.3 Å². The van der Waals surface area contributed by atoms with E-state index in [1.54, 1.807) is 10.4 Å². The first kappa shape index (κ1) is 9.76. The van der Waals surface area contributed by atoms with E-state index in [1.807, 2.05) is 11.3 Å². The lowest BCUT2D eigenvalue weighted by molar-refractivity contribution is 0.708. The van der Waals surface area contributed by atoms with Crippen LogP contribution in [0.2, 0.25) is 0 Å². The Morgan fingerprint density at radius 2 is 2.43 bits per heavy atom. The summed E-state index contributed by atoms with van der Waals surface area (Å²) < 4.78 is 0. The van der Waals surface area contributed by atoms with Gasteiger partial charge in [-0.25, -0.2) is 0 Å². The maximum atomic E-state index is 5.18. The van der Waals surface area contributed by atoms with Gasteiger partial charge in [0.15, 0.2) is 0 Å². The summed E-state index contributed by atoms with van der Waals surface area (Å²) in [5.74, 6) is 2.63. The summed E-state index contributed by atoms with van der Waals surface area (Å²) in [7, 11) is 0. The van der Waals surface area contributed by atoms with E-state index in [4.69, 9.17) is 6.42 Å². The van der Waals surface area contributed by atoms with E-state index in [9.17, 15) is 0 Å². The molecule has 1 N–H and O–H groups in total. The van der Waals surface area contributed by atoms with Crippen LogP contribution in [0.1, 0.15) is 28.2 Å². The fourth-order valence-corrected chi connectivity index (χ4v) is 3.08. The summed E-state index contributed by atoms with van der Waals surface area (Å²) in [6, 6.07) is 2.36. The molecule has 0 aliphatic heterocycles. The zero-order valence-electron chi connectivity index (χ0n) is 8.31. The molecule has 1 aromatic rings. The molecule has 0 amide bonds. The lowest BCUT2D eigenvalue weighted by Gasteiger charge is -1.98. The fraction of sp³-hybridized carbons (Fsp3) is 0.500. The van der Waals surface area contributed by atoms with Crippen molar-refractivity contribution in [2.45, 2.75) is 32.2 Å². The topological polar surface area (TPSA) is 12.0 Å². The maximum Gasteiger partial charge on any atom is 0.0300 e.